The van der Waals surface area contributed by atoms with Crippen LogP contribution in [0.1, 0.15) is 22.9 Å². The van der Waals surface area contributed by atoms with Gasteiger partial charge in [0.15, 0.2) is 3.95 Å². The van der Waals surface area contributed by atoms with E-state index in [4.69, 9.17) is 12.2 Å². The molecule has 0 bridgehead atoms. The van der Waals surface area contributed by atoms with Gasteiger partial charge in [-0.3, -0.25) is 9.56 Å². The molecule has 0 unspecified atom stereocenters. The molecule has 0 radical (unpaired) electrons. The number of para-hydroxylation sites is 1. The van der Waals surface area contributed by atoms with Crippen molar-refractivity contribution >= 4 is 57.9 Å². The molecule has 5 heteroatoms. The van der Waals surface area contributed by atoms with Gasteiger partial charge in [0, 0.05) is 22.7 Å². The largest absolute Gasteiger partial charge is 0.493 e. The molecule has 1 aromatic heterocycles. The summed E-state index contributed by atoms with van der Waals surface area (Å²) < 4.78 is 2.37. The molecule has 0 aliphatic carbocycles. The number of fused-ring (bicyclic) bond motifs is 2. The van der Waals surface area contributed by atoms with Gasteiger partial charge in [0.2, 0.25) is 5.88 Å². The summed E-state index contributed by atoms with van der Waals surface area (Å²) in [7, 11) is 0. The molecule has 2 heterocycles. The molecule has 142 valence electrons. The van der Waals surface area contributed by atoms with Crippen molar-refractivity contribution in [1.29, 1.82) is 0 Å². The van der Waals surface area contributed by atoms with Crippen LogP contribution in [0.25, 0.3) is 28.1 Å². The molecule has 1 aliphatic heterocycles. The Labute approximate surface area is 177 Å². The van der Waals surface area contributed by atoms with Crippen LogP contribution in [0.3, 0.4) is 0 Å². The average Bonchev–Trinajstić information content (AvgIpc) is 3.28. The topological polar surface area (TPSA) is 37.5 Å². The standard InChI is InChI=1S/C24H18N2OS2/c1-2-15-8-5-11-19-17(14-25-22(15)19)13-21-23(27)26(24(28)29-21)20-12-6-9-16-7-3-4-10-18(16)20/h3-14,27H,2H2,1H3. The number of benzene rings is 3. The maximum atomic E-state index is 11.0. The van der Waals surface area contributed by atoms with E-state index in [1.807, 2.05) is 42.6 Å². The Kier molecular flexibility index (Phi) is 4.42. The maximum Gasteiger partial charge on any atom is 0.215 e. The second kappa shape index (κ2) is 7.10. The summed E-state index contributed by atoms with van der Waals surface area (Å²) in [5, 5.41) is 13.2. The summed E-state index contributed by atoms with van der Waals surface area (Å²) in [6, 6.07) is 20.4. The van der Waals surface area contributed by atoms with E-state index in [1.165, 1.54) is 16.9 Å². The van der Waals surface area contributed by atoms with Crippen LogP contribution in [0.2, 0.25) is 0 Å². The second-order valence-electron chi connectivity index (χ2n) is 6.91. The Morgan fingerprint density at radius 2 is 1.86 bits per heavy atom. The monoisotopic (exact) mass is 414 g/mol. The number of aliphatic imine (C=N–C) groups is 1. The number of hydrogen-bond donors (Lipinski definition) is 1. The lowest BCUT2D eigenvalue weighted by atomic mass is 10.0. The third-order valence-electron chi connectivity index (χ3n) is 5.25. The zero-order valence-electron chi connectivity index (χ0n) is 15.8. The van der Waals surface area contributed by atoms with Gasteiger partial charge in [-0.2, -0.15) is 0 Å². The quantitative estimate of drug-likeness (QED) is 0.368. The van der Waals surface area contributed by atoms with Crippen LogP contribution in [0.15, 0.2) is 65.7 Å². The summed E-state index contributed by atoms with van der Waals surface area (Å²) in [5.74, 6) is 0.164. The number of hydrogen-bond acceptors (Lipinski definition) is 4. The van der Waals surface area contributed by atoms with E-state index in [0.717, 1.165) is 44.6 Å². The highest BCUT2D eigenvalue weighted by Crippen LogP contribution is 2.39. The fourth-order valence-corrected chi connectivity index (χ4v) is 5.10. The van der Waals surface area contributed by atoms with Crippen molar-refractivity contribution in [2.75, 3.05) is 0 Å². The molecule has 0 amide bonds. The van der Waals surface area contributed by atoms with Crippen LogP contribution in [-0.4, -0.2) is 15.9 Å². The molecule has 0 spiro atoms. The minimum absolute atomic E-state index is 0.164. The highest BCUT2D eigenvalue weighted by atomic mass is 32.1. The first-order valence-corrected chi connectivity index (χ1v) is 10.7. The number of aromatic hydroxyl groups is 1. The maximum absolute atomic E-state index is 11.0. The number of rotatable bonds is 3. The lowest BCUT2D eigenvalue weighted by molar-refractivity contribution is 0.441. The molecule has 4 aromatic rings. The van der Waals surface area contributed by atoms with Crippen molar-refractivity contribution in [3.8, 4) is 11.6 Å². The van der Waals surface area contributed by atoms with Crippen molar-refractivity contribution in [2.24, 2.45) is 4.99 Å². The Bertz CT molecular complexity index is 1370. The van der Waals surface area contributed by atoms with E-state index >= 15 is 0 Å². The number of thiazole rings is 1. The van der Waals surface area contributed by atoms with E-state index in [0.29, 0.717) is 3.95 Å². The van der Waals surface area contributed by atoms with Crippen molar-refractivity contribution in [1.82, 2.24) is 4.57 Å². The van der Waals surface area contributed by atoms with Crippen LogP contribution in [0.5, 0.6) is 5.88 Å². The summed E-state index contributed by atoms with van der Waals surface area (Å²) in [6.45, 7) is 2.13. The highest BCUT2D eigenvalue weighted by molar-refractivity contribution is 7.73. The Balaban J connectivity index is 1.66. The highest BCUT2D eigenvalue weighted by Gasteiger charge is 2.18. The van der Waals surface area contributed by atoms with Gasteiger partial charge in [-0.05, 0) is 41.7 Å². The van der Waals surface area contributed by atoms with Gasteiger partial charge in [-0.25, -0.2) is 0 Å². The molecule has 0 fully saturated rings. The van der Waals surface area contributed by atoms with Crippen molar-refractivity contribution in [2.45, 2.75) is 13.3 Å². The molecule has 3 aromatic carbocycles. The summed E-state index contributed by atoms with van der Waals surface area (Å²) >= 11 is 7.03. The molecule has 0 saturated carbocycles. The van der Waals surface area contributed by atoms with Crippen molar-refractivity contribution < 1.29 is 5.11 Å². The summed E-state index contributed by atoms with van der Waals surface area (Å²) in [6.07, 6.45) is 4.79. The predicted molar refractivity (Wildman–Crippen MR) is 125 cm³/mol. The van der Waals surface area contributed by atoms with E-state index in [2.05, 4.69) is 42.2 Å². The fourth-order valence-electron chi connectivity index (χ4n) is 3.81. The summed E-state index contributed by atoms with van der Waals surface area (Å²) in [4.78, 5) is 5.34. The van der Waals surface area contributed by atoms with Crippen LogP contribution in [0, 0.1) is 3.95 Å². The van der Waals surface area contributed by atoms with E-state index in [-0.39, 0.29) is 5.88 Å². The predicted octanol–water partition coefficient (Wildman–Crippen LogP) is 6.95. The van der Waals surface area contributed by atoms with Gasteiger partial charge < -0.3 is 5.11 Å². The van der Waals surface area contributed by atoms with E-state index < -0.39 is 0 Å². The number of allylic oxidation sites excluding steroid dienone is 1. The zero-order chi connectivity index (χ0) is 20.0. The normalized spacial score (nSPS) is 14.0. The van der Waals surface area contributed by atoms with Crippen molar-refractivity contribution in [3.05, 3.63) is 80.6 Å². The van der Waals surface area contributed by atoms with Gasteiger partial charge >= 0.3 is 0 Å². The van der Waals surface area contributed by atoms with Gasteiger partial charge in [0.25, 0.3) is 0 Å². The zero-order valence-corrected chi connectivity index (χ0v) is 17.4. The van der Waals surface area contributed by atoms with Crippen LogP contribution in [-0.2, 0) is 6.42 Å². The van der Waals surface area contributed by atoms with Crippen LogP contribution in [0.4, 0.5) is 5.69 Å². The van der Waals surface area contributed by atoms with E-state index in [1.54, 1.807) is 4.57 Å². The number of aromatic nitrogens is 1. The minimum Gasteiger partial charge on any atom is -0.493 e. The van der Waals surface area contributed by atoms with Gasteiger partial charge in [0.05, 0.1) is 16.3 Å². The Morgan fingerprint density at radius 1 is 1.07 bits per heavy atom. The first kappa shape index (κ1) is 18.0. The molecule has 5 rings (SSSR count). The minimum atomic E-state index is 0.164. The molecule has 29 heavy (non-hydrogen) atoms. The van der Waals surface area contributed by atoms with Gasteiger partial charge in [0.1, 0.15) is 0 Å². The molecule has 3 nitrogen and oxygen atoms in total. The molecule has 0 saturated heterocycles. The lowest BCUT2D eigenvalue weighted by Gasteiger charge is -2.09. The fraction of sp³-hybridized carbons (Fsp3) is 0.0833. The molecular formula is C24H18N2OS2. The number of aryl methyl sites for hydroxylation is 1. The SMILES string of the molecule is CCc1cccc2c1N=CC2=Cc1sc(=S)n(-c2cccc3ccccc23)c1O. The van der Waals surface area contributed by atoms with Crippen molar-refractivity contribution in [3.63, 3.8) is 0 Å². The first-order valence-electron chi connectivity index (χ1n) is 9.48. The van der Waals surface area contributed by atoms with E-state index in [9.17, 15) is 5.11 Å². The van der Waals surface area contributed by atoms with Gasteiger partial charge in [-0.1, -0.05) is 61.5 Å². The third-order valence-corrected chi connectivity index (χ3v) is 6.56. The molecule has 1 aliphatic rings. The number of nitrogens with zero attached hydrogens (tertiary/aromatic N) is 2. The smallest absolute Gasteiger partial charge is 0.215 e. The first-order chi connectivity index (χ1) is 14.2. The molecule has 0 atom stereocenters. The second-order valence-corrected chi connectivity index (χ2v) is 8.59. The average molecular weight is 415 g/mol. The third kappa shape index (κ3) is 2.94. The van der Waals surface area contributed by atoms with Gasteiger partial charge in [-0.15, -0.1) is 11.3 Å². The van der Waals surface area contributed by atoms with Crippen LogP contribution >= 0.6 is 23.6 Å². The molecular weight excluding hydrogens is 396 g/mol. The Hall–Kier alpha value is -3.02. The van der Waals surface area contributed by atoms with Crippen LogP contribution < -0.4 is 0 Å². The summed E-state index contributed by atoms with van der Waals surface area (Å²) in [5.41, 5.74) is 5.23. The lowest BCUT2D eigenvalue weighted by Crippen LogP contribution is -1.94. The molecule has 1 N–H and O–H groups in total. The Morgan fingerprint density at radius 3 is 2.72 bits per heavy atom.